The molecule has 0 saturated carbocycles. The maximum Gasteiger partial charge on any atom is 0.193 e. The summed E-state index contributed by atoms with van der Waals surface area (Å²) in [6.45, 7) is 0. The lowest BCUT2D eigenvalue weighted by Gasteiger charge is -2.05. The molecule has 0 bridgehead atoms. The third-order valence-corrected chi connectivity index (χ3v) is 2.70. The van der Waals surface area contributed by atoms with Gasteiger partial charge in [0.1, 0.15) is 5.75 Å². The second-order valence-corrected chi connectivity index (χ2v) is 3.90. The van der Waals surface area contributed by atoms with Gasteiger partial charge in [0.15, 0.2) is 5.78 Å². The molecule has 0 aliphatic carbocycles. The van der Waals surface area contributed by atoms with Gasteiger partial charge >= 0.3 is 0 Å². The molecule has 4 N–H and O–H groups in total. The molecule has 0 saturated heterocycles. The Morgan fingerprint density at radius 2 is 1.56 bits per heavy atom. The average Bonchev–Trinajstić information content (AvgIpc) is 2.41. The number of rotatable bonds is 3. The number of carbonyl (C=O) groups is 1. The molecule has 0 aliphatic rings. The average molecular weight is 242 g/mol. The van der Waals surface area contributed by atoms with Crippen molar-refractivity contribution in [2.24, 2.45) is 0 Å². The normalized spacial score (nSPS) is 10.1. The molecule has 18 heavy (non-hydrogen) atoms. The van der Waals surface area contributed by atoms with Gasteiger partial charge in [-0.15, -0.1) is 0 Å². The number of benzene rings is 2. The van der Waals surface area contributed by atoms with Crippen LogP contribution in [-0.4, -0.2) is 12.9 Å². The van der Waals surface area contributed by atoms with Crippen molar-refractivity contribution in [3.63, 3.8) is 0 Å². The minimum Gasteiger partial charge on any atom is -0.497 e. The predicted molar refractivity (Wildman–Crippen MR) is 71.7 cm³/mol. The molecular formula is C14H14N2O2. The van der Waals surface area contributed by atoms with Gasteiger partial charge in [-0.05, 0) is 42.5 Å². The largest absolute Gasteiger partial charge is 0.497 e. The summed E-state index contributed by atoms with van der Waals surface area (Å²) in [6.07, 6.45) is 0. The van der Waals surface area contributed by atoms with Gasteiger partial charge in [-0.3, -0.25) is 4.79 Å². The molecule has 2 aromatic carbocycles. The van der Waals surface area contributed by atoms with E-state index < -0.39 is 0 Å². The van der Waals surface area contributed by atoms with Crippen molar-refractivity contribution in [3.8, 4) is 5.75 Å². The van der Waals surface area contributed by atoms with Crippen molar-refractivity contribution in [1.29, 1.82) is 0 Å². The summed E-state index contributed by atoms with van der Waals surface area (Å²) in [5.41, 5.74) is 13.3. The van der Waals surface area contributed by atoms with Gasteiger partial charge in [0, 0.05) is 11.1 Å². The second-order valence-electron chi connectivity index (χ2n) is 3.90. The monoisotopic (exact) mass is 242 g/mol. The van der Waals surface area contributed by atoms with Crippen LogP contribution in [0.1, 0.15) is 15.9 Å². The van der Waals surface area contributed by atoms with Gasteiger partial charge in [0.05, 0.1) is 18.5 Å². The first-order valence-electron chi connectivity index (χ1n) is 5.45. The molecule has 0 unspecified atom stereocenters. The first-order valence-corrected chi connectivity index (χ1v) is 5.45. The molecule has 4 nitrogen and oxygen atoms in total. The van der Waals surface area contributed by atoms with Crippen molar-refractivity contribution in [2.45, 2.75) is 0 Å². The molecule has 0 radical (unpaired) electrons. The van der Waals surface area contributed by atoms with E-state index in [2.05, 4.69) is 0 Å². The summed E-state index contributed by atoms with van der Waals surface area (Å²) < 4.78 is 5.04. The van der Waals surface area contributed by atoms with E-state index in [1.165, 1.54) is 0 Å². The van der Waals surface area contributed by atoms with E-state index in [4.69, 9.17) is 16.2 Å². The van der Waals surface area contributed by atoms with E-state index in [-0.39, 0.29) is 5.78 Å². The summed E-state index contributed by atoms with van der Waals surface area (Å²) in [5, 5.41) is 0. The number of nitrogens with two attached hydrogens (primary N) is 2. The fourth-order valence-electron chi connectivity index (χ4n) is 1.63. The second kappa shape index (κ2) is 4.79. The number of hydrogen-bond acceptors (Lipinski definition) is 4. The molecule has 92 valence electrons. The summed E-state index contributed by atoms with van der Waals surface area (Å²) >= 11 is 0. The van der Waals surface area contributed by atoms with Crippen LogP contribution in [0, 0.1) is 0 Å². The zero-order valence-corrected chi connectivity index (χ0v) is 10.0. The molecule has 0 amide bonds. The fourth-order valence-corrected chi connectivity index (χ4v) is 1.63. The molecule has 0 fully saturated rings. The minimum absolute atomic E-state index is 0.0932. The van der Waals surface area contributed by atoms with Crippen molar-refractivity contribution in [2.75, 3.05) is 18.6 Å². The third-order valence-electron chi connectivity index (χ3n) is 2.70. The van der Waals surface area contributed by atoms with Gasteiger partial charge in [-0.2, -0.15) is 0 Å². The standard InChI is InChI=1S/C14H14N2O2/c1-18-11-5-2-9(3-6-11)14(17)10-4-7-12(15)13(16)8-10/h2-8H,15-16H2,1H3. The van der Waals surface area contributed by atoms with Crippen molar-refractivity contribution >= 4 is 17.2 Å². The lowest BCUT2D eigenvalue weighted by Crippen LogP contribution is -2.03. The first kappa shape index (κ1) is 12.0. The number of ketones is 1. The summed E-state index contributed by atoms with van der Waals surface area (Å²) in [6, 6.07) is 11.8. The molecule has 4 heteroatoms. The first-order chi connectivity index (χ1) is 8.61. The Morgan fingerprint density at radius 3 is 2.11 bits per heavy atom. The number of hydrogen-bond donors (Lipinski definition) is 2. The number of carbonyl (C=O) groups excluding carboxylic acids is 1. The summed E-state index contributed by atoms with van der Waals surface area (Å²) in [7, 11) is 1.58. The topological polar surface area (TPSA) is 78.3 Å². The third kappa shape index (κ3) is 2.27. The highest BCUT2D eigenvalue weighted by Gasteiger charge is 2.10. The maximum atomic E-state index is 12.2. The predicted octanol–water partition coefficient (Wildman–Crippen LogP) is 2.09. The van der Waals surface area contributed by atoms with E-state index in [9.17, 15) is 4.79 Å². The van der Waals surface area contributed by atoms with Crippen LogP contribution in [0.2, 0.25) is 0 Å². The lowest BCUT2D eigenvalue weighted by molar-refractivity contribution is 0.103. The Kier molecular flexibility index (Phi) is 3.19. The quantitative estimate of drug-likeness (QED) is 0.638. The van der Waals surface area contributed by atoms with Gasteiger partial charge in [-0.25, -0.2) is 0 Å². The molecular weight excluding hydrogens is 228 g/mol. The number of nitrogen functional groups attached to an aromatic ring is 2. The molecule has 0 aliphatic heterocycles. The van der Waals surface area contributed by atoms with Crippen LogP contribution in [0.25, 0.3) is 0 Å². The minimum atomic E-state index is -0.0932. The Morgan fingerprint density at radius 1 is 0.944 bits per heavy atom. The molecule has 0 atom stereocenters. The SMILES string of the molecule is COc1ccc(C(=O)c2ccc(N)c(N)c2)cc1. The van der Waals surface area contributed by atoms with E-state index in [0.29, 0.717) is 28.3 Å². The van der Waals surface area contributed by atoms with Crippen LogP contribution in [0.4, 0.5) is 11.4 Å². The zero-order valence-electron chi connectivity index (χ0n) is 10.0. The number of anilines is 2. The number of methoxy groups -OCH3 is 1. The molecule has 0 heterocycles. The summed E-state index contributed by atoms with van der Waals surface area (Å²) in [4.78, 5) is 12.2. The van der Waals surface area contributed by atoms with Gasteiger partial charge < -0.3 is 16.2 Å². The van der Waals surface area contributed by atoms with Gasteiger partial charge in [0.25, 0.3) is 0 Å². The lowest BCUT2D eigenvalue weighted by atomic mass is 10.0. The van der Waals surface area contributed by atoms with Gasteiger partial charge in [0.2, 0.25) is 0 Å². The number of ether oxygens (including phenoxy) is 1. The van der Waals surface area contributed by atoms with Crippen LogP contribution in [-0.2, 0) is 0 Å². The van der Waals surface area contributed by atoms with Crippen LogP contribution in [0.3, 0.4) is 0 Å². The van der Waals surface area contributed by atoms with E-state index >= 15 is 0 Å². The molecule has 0 spiro atoms. The Labute approximate surface area is 105 Å². The Balaban J connectivity index is 2.32. The highest BCUT2D eigenvalue weighted by atomic mass is 16.5. The van der Waals surface area contributed by atoms with Crippen molar-refractivity contribution < 1.29 is 9.53 Å². The Bertz CT molecular complexity index is 577. The smallest absolute Gasteiger partial charge is 0.193 e. The highest BCUT2D eigenvalue weighted by molar-refractivity contribution is 6.09. The molecule has 0 aromatic heterocycles. The van der Waals surface area contributed by atoms with Crippen LogP contribution >= 0.6 is 0 Å². The van der Waals surface area contributed by atoms with Crippen LogP contribution in [0.5, 0.6) is 5.75 Å². The summed E-state index contributed by atoms with van der Waals surface area (Å²) in [5.74, 6) is 0.618. The van der Waals surface area contributed by atoms with Crippen LogP contribution < -0.4 is 16.2 Å². The fraction of sp³-hybridized carbons (Fsp3) is 0.0714. The van der Waals surface area contributed by atoms with E-state index in [1.807, 2.05) is 0 Å². The molecule has 2 aromatic rings. The highest BCUT2D eigenvalue weighted by Crippen LogP contribution is 2.20. The van der Waals surface area contributed by atoms with E-state index in [1.54, 1.807) is 49.6 Å². The Hall–Kier alpha value is -2.49. The molecule has 2 rings (SSSR count). The van der Waals surface area contributed by atoms with Gasteiger partial charge in [-0.1, -0.05) is 0 Å². The van der Waals surface area contributed by atoms with Crippen molar-refractivity contribution in [3.05, 3.63) is 53.6 Å². The van der Waals surface area contributed by atoms with Crippen LogP contribution in [0.15, 0.2) is 42.5 Å². The van der Waals surface area contributed by atoms with E-state index in [0.717, 1.165) is 0 Å². The van der Waals surface area contributed by atoms with Crippen molar-refractivity contribution in [1.82, 2.24) is 0 Å². The zero-order chi connectivity index (χ0) is 13.1. The maximum absolute atomic E-state index is 12.2.